The molecule has 0 amide bonds. The second kappa shape index (κ2) is 6.23. The molecule has 27 heavy (non-hydrogen) atoms. The van der Waals surface area contributed by atoms with Crippen LogP contribution in [0.1, 0.15) is 18.9 Å². The van der Waals surface area contributed by atoms with Crippen LogP contribution >= 0.6 is 0 Å². The molecular formula is C21H21NO4S. The average molecular weight is 383 g/mol. The zero-order valence-electron chi connectivity index (χ0n) is 15.5. The highest BCUT2D eigenvalue weighted by molar-refractivity contribution is 7.90. The van der Waals surface area contributed by atoms with E-state index in [1.165, 1.54) is 10.8 Å². The minimum absolute atomic E-state index is 0.0346. The Morgan fingerprint density at radius 1 is 1.15 bits per heavy atom. The normalized spacial score (nSPS) is 16.3. The lowest BCUT2D eigenvalue weighted by atomic mass is 9.97. The van der Waals surface area contributed by atoms with E-state index in [0.717, 1.165) is 34.2 Å². The zero-order valence-corrected chi connectivity index (χ0v) is 16.3. The number of nitrogens with zero attached hydrogens (tertiary/aromatic N) is 1. The van der Waals surface area contributed by atoms with Crippen molar-refractivity contribution in [2.24, 2.45) is 7.05 Å². The largest absolute Gasteiger partial charge is 0.489 e. The third-order valence-electron chi connectivity index (χ3n) is 5.14. The number of fused-ring (bicyclic) bond motifs is 2. The molecule has 0 radical (unpaired) electrons. The van der Waals surface area contributed by atoms with Crippen molar-refractivity contribution in [3.63, 3.8) is 0 Å². The molecule has 0 saturated carbocycles. The maximum absolute atomic E-state index is 12.5. The van der Waals surface area contributed by atoms with Crippen LogP contribution in [-0.2, 0) is 23.3 Å². The van der Waals surface area contributed by atoms with E-state index in [1.807, 2.05) is 18.2 Å². The summed E-state index contributed by atoms with van der Waals surface area (Å²) in [7, 11) is -1.67. The lowest BCUT2D eigenvalue weighted by molar-refractivity contribution is 0.229. The molecule has 0 saturated heterocycles. The smallest absolute Gasteiger partial charge is 0.258 e. The van der Waals surface area contributed by atoms with Gasteiger partial charge >= 0.3 is 0 Å². The minimum Gasteiger partial charge on any atom is -0.489 e. The Hall–Kier alpha value is -2.60. The van der Waals surface area contributed by atoms with Gasteiger partial charge in [-0.2, -0.15) is 0 Å². The first-order valence-electron chi connectivity index (χ1n) is 8.92. The lowest BCUT2D eigenvalue weighted by Crippen LogP contribution is -2.16. The molecule has 1 unspecified atom stereocenters. The van der Waals surface area contributed by atoms with Crippen molar-refractivity contribution >= 4 is 20.6 Å². The van der Waals surface area contributed by atoms with Crippen molar-refractivity contribution < 1.29 is 13.2 Å². The van der Waals surface area contributed by atoms with Crippen LogP contribution in [0.5, 0.6) is 5.75 Å². The predicted octanol–water partition coefficient (Wildman–Crippen LogP) is 3.32. The van der Waals surface area contributed by atoms with Gasteiger partial charge in [0.25, 0.3) is 5.56 Å². The van der Waals surface area contributed by atoms with Crippen LogP contribution < -0.4 is 10.3 Å². The quantitative estimate of drug-likeness (QED) is 0.696. The molecular weight excluding hydrogens is 362 g/mol. The van der Waals surface area contributed by atoms with Gasteiger partial charge in [0.1, 0.15) is 11.9 Å². The van der Waals surface area contributed by atoms with Crippen LogP contribution in [0.15, 0.2) is 52.3 Å². The van der Waals surface area contributed by atoms with E-state index in [-0.39, 0.29) is 16.6 Å². The molecule has 1 atom stereocenters. The molecule has 140 valence electrons. The molecule has 6 heteroatoms. The van der Waals surface area contributed by atoms with Gasteiger partial charge in [0, 0.05) is 42.4 Å². The topological polar surface area (TPSA) is 65.4 Å². The monoisotopic (exact) mass is 383 g/mol. The predicted molar refractivity (Wildman–Crippen MR) is 106 cm³/mol. The summed E-state index contributed by atoms with van der Waals surface area (Å²) in [6.45, 7) is 2.05. The highest BCUT2D eigenvalue weighted by atomic mass is 32.2. The Labute approximate surface area is 158 Å². The molecule has 4 rings (SSSR count). The number of ether oxygens (including phenoxy) is 1. The van der Waals surface area contributed by atoms with Crippen LogP contribution in [0.4, 0.5) is 0 Å². The number of benzene rings is 2. The first-order chi connectivity index (χ1) is 12.8. The molecule has 1 aliphatic rings. The van der Waals surface area contributed by atoms with E-state index >= 15 is 0 Å². The molecule has 2 heterocycles. The fourth-order valence-electron chi connectivity index (χ4n) is 3.68. The fraction of sp³-hybridized carbons (Fsp3) is 0.286. The summed E-state index contributed by atoms with van der Waals surface area (Å²) >= 11 is 0. The molecule has 0 bridgehead atoms. The SMILES string of the molecule is CCC1Cc2cc(S(C)(=O)=O)cc(-c3cn(C)c(=O)c4ccccc34)c2O1. The van der Waals surface area contributed by atoms with Crippen molar-refractivity contribution in [2.75, 3.05) is 6.26 Å². The molecule has 0 spiro atoms. The van der Waals surface area contributed by atoms with Gasteiger partial charge in [-0.3, -0.25) is 4.79 Å². The molecule has 3 aromatic rings. The number of sulfone groups is 1. The van der Waals surface area contributed by atoms with E-state index in [2.05, 4.69) is 6.92 Å². The van der Waals surface area contributed by atoms with Crippen LogP contribution in [0.2, 0.25) is 0 Å². The van der Waals surface area contributed by atoms with Crippen molar-refractivity contribution in [1.29, 1.82) is 0 Å². The second-order valence-electron chi connectivity index (χ2n) is 7.09. The van der Waals surface area contributed by atoms with Gasteiger partial charge in [-0.05, 0) is 35.6 Å². The minimum atomic E-state index is -3.37. The Morgan fingerprint density at radius 2 is 1.85 bits per heavy atom. The number of rotatable bonds is 3. The first kappa shape index (κ1) is 17.8. The second-order valence-corrected chi connectivity index (χ2v) is 9.10. The maximum Gasteiger partial charge on any atom is 0.258 e. The number of aromatic nitrogens is 1. The van der Waals surface area contributed by atoms with Gasteiger partial charge in [-0.25, -0.2) is 8.42 Å². The third kappa shape index (κ3) is 2.94. The van der Waals surface area contributed by atoms with E-state index in [9.17, 15) is 13.2 Å². The van der Waals surface area contributed by atoms with Crippen LogP contribution in [0.25, 0.3) is 21.9 Å². The Morgan fingerprint density at radius 3 is 2.52 bits per heavy atom. The van der Waals surface area contributed by atoms with Gasteiger partial charge in [-0.1, -0.05) is 25.1 Å². The van der Waals surface area contributed by atoms with Crippen molar-refractivity contribution in [3.05, 3.63) is 58.5 Å². The van der Waals surface area contributed by atoms with E-state index in [1.54, 1.807) is 31.4 Å². The first-order valence-corrected chi connectivity index (χ1v) is 10.8. The highest BCUT2D eigenvalue weighted by Crippen LogP contribution is 2.43. The van der Waals surface area contributed by atoms with Crippen molar-refractivity contribution in [3.8, 4) is 16.9 Å². The summed E-state index contributed by atoms with van der Waals surface area (Å²) in [5.41, 5.74) is 2.33. The molecule has 0 N–H and O–H groups in total. The summed E-state index contributed by atoms with van der Waals surface area (Å²) in [5, 5.41) is 1.39. The van der Waals surface area contributed by atoms with Crippen LogP contribution in [-0.4, -0.2) is 25.3 Å². The summed E-state index contributed by atoms with van der Waals surface area (Å²) < 4.78 is 32.2. The van der Waals surface area contributed by atoms with E-state index < -0.39 is 9.84 Å². The standard InChI is InChI=1S/C21H21NO4S/c1-4-14-9-13-10-15(27(3,24)25)11-18(20(13)26-14)19-12-22(2)21(23)17-8-6-5-7-16(17)19/h5-8,10-12,14H,4,9H2,1-3H3. The number of hydrogen-bond donors (Lipinski definition) is 0. The summed E-state index contributed by atoms with van der Waals surface area (Å²) in [5.74, 6) is 0.720. The van der Waals surface area contributed by atoms with Gasteiger partial charge in [-0.15, -0.1) is 0 Å². The third-order valence-corrected chi connectivity index (χ3v) is 6.23. The molecule has 0 aliphatic carbocycles. The van der Waals surface area contributed by atoms with Gasteiger partial charge < -0.3 is 9.30 Å². The number of hydrogen-bond acceptors (Lipinski definition) is 4. The Bertz CT molecular complexity index is 1220. The van der Waals surface area contributed by atoms with Crippen LogP contribution in [0.3, 0.4) is 0 Å². The van der Waals surface area contributed by atoms with Crippen molar-refractivity contribution in [2.45, 2.75) is 30.8 Å². The average Bonchev–Trinajstić information content (AvgIpc) is 3.06. The molecule has 5 nitrogen and oxygen atoms in total. The van der Waals surface area contributed by atoms with E-state index in [0.29, 0.717) is 11.8 Å². The van der Waals surface area contributed by atoms with Crippen molar-refractivity contribution in [1.82, 2.24) is 4.57 Å². The van der Waals surface area contributed by atoms with Crippen LogP contribution in [0, 0.1) is 0 Å². The molecule has 2 aromatic carbocycles. The van der Waals surface area contributed by atoms with Gasteiger partial charge in [0.15, 0.2) is 9.84 Å². The van der Waals surface area contributed by atoms with E-state index in [4.69, 9.17) is 4.74 Å². The zero-order chi connectivity index (χ0) is 19.3. The molecule has 1 aromatic heterocycles. The number of aryl methyl sites for hydroxylation is 1. The Balaban J connectivity index is 2.09. The maximum atomic E-state index is 12.5. The lowest BCUT2D eigenvalue weighted by Gasteiger charge is -2.15. The number of pyridine rings is 1. The van der Waals surface area contributed by atoms with Gasteiger partial charge in [0.2, 0.25) is 0 Å². The molecule has 1 aliphatic heterocycles. The summed E-state index contributed by atoms with van der Waals surface area (Å²) in [6.07, 6.45) is 4.54. The fourth-order valence-corrected chi connectivity index (χ4v) is 4.37. The highest BCUT2D eigenvalue weighted by Gasteiger charge is 2.28. The van der Waals surface area contributed by atoms with Gasteiger partial charge in [0.05, 0.1) is 4.90 Å². The Kier molecular flexibility index (Phi) is 4.11. The molecule has 0 fully saturated rings. The summed E-state index contributed by atoms with van der Waals surface area (Å²) in [4.78, 5) is 12.8. The summed E-state index contributed by atoms with van der Waals surface area (Å²) in [6, 6.07) is 10.8.